The van der Waals surface area contributed by atoms with Crippen LogP contribution in [-0.4, -0.2) is 35.5 Å². The molecule has 1 aromatic heterocycles. The monoisotopic (exact) mass is 343 g/mol. The summed E-state index contributed by atoms with van der Waals surface area (Å²) in [6.07, 6.45) is 3.41. The zero-order valence-corrected chi connectivity index (χ0v) is 14.2. The Labute approximate surface area is 137 Å². The first-order chi connectivity index (χ1) is 10.1. The maximum Gasteiger partial charge on any atom is 0.236 e. The van der Waals surface area contributed by atoms with Crippen LogP contribution in [0.3, 0.4) is 0 Å². The van der Waals surface area contributed by atoms with Crippen LogP contribution in [0.1, 0.15) is 11.4 Å². The van der Waals surface area contributed by atoms with Gasteiger partial charge in [-0.25, -0.2) is 4.98 Å². The minimum absolute atomic E-state index is 0.0896. The van der Waals surface area contributed by atoms with E-state index in [-0.39, 0.29) is 5.91 Å². The van der Waals surface area contributed by atoms with Gasteiger partial charge in [0.15, 0.2) is 0 Å². The summed E-state index contributed by atoms with van der Waals surface area (Å²) in [5.74, 6) is 0.806. The molecule has 7 heteroatoms. The van der Waals surface area contributed by atoms with Crippen LogP contribution in [0.15, 0.2) is 18.2 Å². The summed E-state index contributed by atoms with van der Waals surface area (Å²) in [6.45, 7) is 0.555. The topological polar surface area (TPSA) is 68.0 Å². The third kappa shape index (κ3) is 4.85. The van der Waals surface area contributed by atoms with Gasteiger partial charge in [-0.05, 0) is 36.6 Å². The Bertz CT molecular complexity index is 617. The first-order valence-corrected chi connectivity index (χ1v) is 9.26. The Morgan fingerprint density at radius 1 is 1.57 bits per heavy atom. The van der Waals surface area contributed by atoms with Crippen molar-refractivity contribution in [3.8, 4) is 0 Å². The highest BCUT2D eigenvalue weighted by Crippen LogP contribution is 2.24. The molecule has 0 saturated heterocycles. The summed E-state index contributed by atoms with van der Waals surface area (Å²) in [6, 6.07) is 5.26. The molecule has 0 saturated carbocycles. The number of benzene rings is 1. The average Bonchev–Trinajstić information content (AvgIpc) is 2.86. The van der Waals surface area contributed by atoms with Crippen LogP contribution in [0.2, 0.25) is 5.02 Å². The lowest BCUT2D eigenvalue weighted by atomic mass is 10.2. The number of nitrogens with zero attached hydrogens (tertiary/aromatic N) is 1. The van der Waals surface area contributed by atoms with Gasteiger partial charge < -0.3 is 11.1 Å². The predicted octanol–water partition coefficient (Wildman–Crippen LogP) is 2.69. The molecule has 2 aromatic rings. The van der Waals surface area contributed by atoms with Crippen LogP contribution in [-0.2, 0) is 11.2 Å². The number of amides is 1. The lowest BCUT2D eigenvalue weighted by Crippen LogP contribution is -2.41. The van der Waals surface area contributed by atoms with Gasteiger partial charge in [0.1, 0.15) is 0 Å². The lowest BCUT2D eigenvalue weighted by molar-refractivity contribution is -0.122. The van der Waals surface area contributed by atoms with Crippen LogP contribution in [0.25, 0.3) is 10.2 Å². The maximum atomic E-state index is 11.8. The predicted molar refractivity (Wildman–Crippen MR) is 92.3 cm³/mol. The quantitative estimate of drug-likeness (QED) is 0.811. The first-order valence-electron chi connectivity index (χ1n) is 6.67. The molecule has 0 fully saturated rings. The number of fused-ring (bicyclic) bond motifs is 1. The standard InChI is InChI=1S/C14H18ClN3OS2/c1-20-7-5-10(16)14(19)17-6-4-13-18-11-8-9(15)2-3-12(11)21-13/h2-3,8,10H,4-7,16H2,1H3,(H,17,19)/t10-/m0/s1. The molecule has 1 heterocycles. The smallest absolute Gasteiger partial charge is 0.236 e. The Hall–Kier alpha value is -0.820. The Morgan fingerprint density at radius 3 is 3.14 bits per heavy atom. The van der Waals surface area contributed by atoms with E-state index in [0.717, 1.165) is 21.0 Å². The Morgan fingerprint density at radius 2 is 2.38 bits per heavy atom. The van der Waals surface area contributed by atoms with Gasteiger partial charge in [0.05, 0.1) is 21.3 Å². The zero-order chi connectivity index (χ0) is 15.2. The summed E-state index contributed by atoms with van der Waals surface area (Å²) in [5, 5.41) is 4.54. The third-order valence-electron chi connectivity index (χ3n) is 3.00. The highest BCUT2D eigenvalue weighted by molar-refractivity contribution is 7.98. The van der Waals surface area contributed by atoms with Gasteiger partial charge in [-0.3, -0.25) is 4.79 Å². The zero-order valence-electron chi connectivity index (χ0n) is 11.8. The second-order valence-electron chi connectivity index (χ2n) is 4.65. The number of thiazole rings is 1. The number of hydrogen-bond acceptors (Lipinski definition) is 5. The van der Waals surface area contributed by atoms with Crippen molar-refractivity contribution in [1.29, 1.82) is 0 Å². The second kappa shape index (κ2) is 7.98. The van der Waals surface area contributed by atoms with Crippen molar-refractivity contribution in [2.24, 2.45) is 5.73 Å². The van der Waals surface area contributed by atoms with Crippen molar-refractivity contribution in [3.05, 3.63) is 28.2 Å². The molecule has 0 unspecified atom stereocenters. The normalized spacial score (nSPS) is 12.5. The van der Waals surface area contributed by atoms with E-state index in [1.54, 1.807) is 23.1 Å². The van der Waals surface area contributed by atoms with E-state index in [9.17, 15) is 4.79 Å². The van der Waals surface area contributed by atoms with Gasteiger partial charge in [-0.1, -0.05) is 11.6 Å². The SMILES string of the molecule is CSCC[C@H](N)C(=O)NCCc1nc2cc(Cl)ccc2s1. The molecule has 0 radical (unpaired) electrons. The van der Waals surface area contributed by atoms with Crippen LogP contribution in [0.4, 0.5) is 0 Å². The molecule has 21 heavy (non-hydrogen) atoms. The van der Waals surface area contributed by atoms with Crippen LogP contribution in [0.5, 0.6) is 0 Å². The third-order valence-corrected chi connectivity index (χ3v) is 4.98. The molecule has 0 aliphatic rings. The minimum atomic E-state index is -0.424. The number of hydrogen-bond donors (Lipinski definition) is 2. The number of carbonyl (C=O) groups is 1. The maximum absolute atomic E-state index is 11.8. The summed E-state index contributed by atoms with van der Waals surface area (Å²) in [4.78, 5) is 16.3. The molecule has 4 nitrogen and oxygen atoms in total. The largest absolute Gasteiger partial charge is 0.354 e. The molecule has 1 aromatic carbocycles. The summed E-state index contributed by atoms with van der Waals surface area (Å²) >= 11 is 9.26. The second-order valence-corrected chi connectivity index (χ2v) is 7.19. The average molecular weight is 344 g/mol. The molecular formula is C14H18ClN3OS2. The van der Waals surface area contributed by atoms with Gasteiger partial charge >= 0.3 is 0 Å². The molecule has 114 valence electrons. The van der Waals surface area contributed by atoms with Gasteiger partial charge in [0.2, 0.25) is 5.91 Å². The minimum Gasteiger partial charge on any atom is -0.354 e. The summed E-state index contributed by atoms with van der Waals surface area (Å²) in [7, 11) is 0. The Kier molecular flexibility index (Phi) is 6.29. The fourth-order valence-electron chi connectivity index (χ4n) is 1.85. The van der Waals surface area contributed by atoms with Crippen molar-refractivity contribution in [3.63, 3.8) is 0 Å². The number of carbonyl (C=O) groups excluding carboxylic acids is 1. The van der Waals surface area contributed by atoms with Crippen LogP contribution >= 0.6 is 34.7 Å². The van der Waals surface area contributed by atoms with E-state index >= 15 is 0 Å². The Balaban J connectivity index is 1.83. The highest BCUT2D eigenvalue weighted by atomic mass is 35.5. The van der Waals surface area contributed by atoms with Crippen molar-refractivity contribution < 1.29 is 4.79 Å². The molecular weight excluding hydrogens is 326 g/mol. The fourth-order valence-corrected chi connectivity index (χ4v) is 3.46. The molecule has 2 rings (SSSR count). The van der Waals surface area contributed by atoms with Crippen molar-refractivity contribution in [2.75, 3.05) is 18.6 Å². The van der Waals surface area contributed by atoms with E-state index in [0.29, 0.717) is 24.4 Å². The van der Waals surface area contributed by atoms with Crippen molar-refractivity contribution in [1.82, 2.24) is 10.3 Å². The molecule has 0 aliphatic carbocycles. The van der Waals surface area contributed by atoms with Gasteiger partial charge in [-0.15, -0.1) is 11.3 Å². The lowest BCUT2D eigenvalue weighted by Gasteiger charge is -2.10. The van der Waals surface area contributed by atoms with E-state index in [4.69, 9.17) is 17.3 Å². The van der Waals surface area contributed by atoms with E-state index in [1.165, 1.54) is 0 Å². The van der Waals surface area contributed by atoms with Gasteiger partial charge in [0.25, 0.3) is 0 Å². The van der Waals surface area contributed by atoms with Crippen LogP contribution in [0, 0.1) is 0 Å². The number of halogens is 1. The van der Waals surface area contributed by atoms with E-state index in [2.05, 4.69) is 10.3 Å². The van der Waals surface area contributed by atoms with Crippen LogP contribution < -0.4 is 11.1 Å². The molecule has 0 bridgehead atoms. The first kappa shape index (κ1) is 16.5. The molecule has 0 aliphatic heterocycles. The van der Waals surface area contributed by atoms with Gasteiger partial charge in [0, 0.05) is 18.0 Å². The van der Waals surface area contributed by atoms with E-state index < -0.39 is 6.04 Å². The summed E-state index contributed by atoms with van der Waals surface area (Å²) in [5.41, 5.74) is 6.72. The highest BCUT2D eigenvalue weighted by Gasteiger charge is 2.12. The molecule has 3 N–H and O–H groups in total. The number of aromatic nitrogens is 1. The van der Waals surface area contributed by atoms with Gasteiger partial charge in [-0.2, -0.15) is 11.8 Å². The molecule has 0 spiro atoms. The van der Waals surface area contributed by atoms with Crippen molar-refractivity contribution in [2.45, 2.75) is 18.9 Å². The number of nitrogens with two attached hydrogens (primary N) is 1. The molecule has 1 atom stereocenters. The molecule has 1 amide bonds. The number of thioether (sulfide) groups is 1. The summed E-state index contributed by atoms with van der Waals surface area (Å²) < 4.78 is 1.11. The number of rotatable bonds is 7. The van der Waals surface area contributed by atoms with E-state index in [1.807, 2.05) is 24.5 Å². The fraction of sp³-hybridized carbons (Fsp3) is 0.429. The van der Waals surface area contributed by atoms with Crippen molar-refractivity contribution >= 4 is 50.8 Å². The number of nitrogens with one attached hydrogen (secondary N) is 1.